The standard InChI is InChI=1S/C22H23F2N5O2/c1-13-11-26-22(28-20(13)19-8-14-12-25-3-2-18(14)31-19)27-15-9-16(23)21(17(24)10-15)29-4-6-30-7-5-29/h8-11,25H,2-7,12H2,1H3,(H,26,27,28). The molecule has 4 heterocycles. The molecule has 0 aliphatic carbocycles. The third-order valence-electron chi connectivity index (χ3n) is 5.55. The highest BCUT2D eigenvalue weighted by Gasteiger charge is 2.21. The van der Waals surface area contributed by atoms with Crippen LogP contribution in [0.2, 0.25) is 0 Å². The summed E-state index contributed by atoms with van der Waals surface area (Å²) in [5.41, 5.74) is 2.83. The molecule has 3 aromatic rings. The molecule has 0 saturated carbocycles. The van der Waals surface area contributed by atoms with Crippen LogP contribution in [0.1, 0.15) is 16.9 Å². The molecule has 0 amide bonds. The summed E-state index contributed by atoms with van der Waals surface area (Å²) in [7, 11) is 0. The van der Waals surface area contributed by atoms with E-state index < -0.39 is 11.6 Å². The van der Waals surface area contributed by atoms with Gasteiger partial charge in [0.1, 0.15) is 17.1 Å². The van der Waals surface area contributed by atoms with Crippen molar-refractivity contribution in [3.63, 3.8) is 0 Å². The molecule has 2 aliphatic rings. The summed E-state index contributed by atoms with van der Waals surface area (Å²) in [5.74, 6) is 0.595. The molecule has 1 fully saturated rings. The minimum atomic E-state index is -0.636. The van der Waals surface area contributed by atoms with Crippen LogP contribution in [0.4, 0.5) is 26.1 Å². The lowest BCUT2D eigenvalue weighted by atomic mass is 10.1. The van der Waals surface area contributed by atoms with Crippen LogP contribution >= 0.6 is 0 Å². The van der Waals surface area contributed by atoms with Crippen molar-refractivity contribution in [2.45, 2.75) is 19.9 Å². The molecule has 7 nitrogen and oxygen atoms in total. The van der Waals surface area contributed by atoms with Crippen molar-refractivity contribution in [2.75, 3.05) is 43.1 Å². The van der Waals surface area contributed by atoms with Gasteiger partial charge in [-0.15, -0.1) is 0 Å². The number of furan rings is 1. The van der Waals surface area contributed by atoms with Gasteiger partial charge in [0.2, 0.25) is 5.95 Å². The zero-order chi connectivity index (χ0) is 21.4. The van der Waals surface area contributed by atoms with E-state index in [0.717, 1.165) is 36.4 Å². The van der Waals surface area contributed by atoms with Gasteiger partial charge in [0.25, 0.3) is 0 Å². The topological polar surface area (TPSA) is 75.5 Å². The highest BCUT2D eigenvalue weighted by molar-refractivity contribution is 5.64. The van der Waals surface area contributed by atoms with Crippen molar-refractivity contribution in [2.24, 2.45) is 0 Å². The summed E-state index contributed by atoms with van der Waals surface area (Å²) in [6, 6.07) is 4.50. The fraction of sp³-hybridized carbons (Fsp3) is 0.364. The Balaban J connectivity index is 1.41. The van der Waals surface area contributed by atoms with E-state index in [9.17, 15) is 8.78 Å². The minimum Gasteiger partial charge on any atom is -0.459 e. The van der Waals surface area contributed by atoms with Crippen LogP contribution in [0.5, 0.6) is 0 Å². The number of morpholine rings is 1. The summed E-state index contributed by atoms with van der Waals surface area (Å²) < 4.78 is 40.7. The normalized spacial score (nSPS) is 16.3. The lowest BCUT2D eigenvalue weighted by Crippen LogP contribution is -2.37. The first-order valence-electron chi connectivity index (χ1n) is 10.3. The summed E-state index contributed by atoms with van der Waals surface area (Å²) in [6.07, 6.45) is 2.50. The van der Waals surface area contributed by atoms with Gasteiger partial charge < -0.3 is 24.7 Å². The lowest BCUT2D eigenvalue weighted by Gasteiger charge is -2.29. The molecule has 1 aromatic carbocycles. The SMILES string of the molecule is Cc1cnc(Nc2cc(F)c(N3CCOCC3)c(F)c2)nc1-c1cc2c(o1)CCNC2. The highest BCUT2D eigenvalue weighted by Crippen LogP contribution is 2.31. The Morgan fingerprint density at radius 3 is 2.65 bits per heavy atom. The van der Waals surface area contributed by atoms with Crippen molar-refractivity contribution in [1.82, 2.24) is 15.3 Å². The molecule has 2 aliphatic heterocycles. The van der Waals surface area contributed by atoms with E-state index >= 15 is 0 Å². The second kappa shape index (κ2) is 8.24. The third kappa shape index (κ3) is 3.98. The molecule has 0 radical (unpaired) electrons. The van der Waals surface area contributed by atoms with E-state index in [0.29, 0.717) is 37.8 Å². The number of nitrogens with zero attached hydrogens (tertiary/aromatic N) is 3. The molecule has 31 heavy (non-hydrogen) atoms. The van der Waals surface area contributed by atoms with E-state index in [-0.39, 0.29) is 17.3 Å². The minimum absolute atomic E-state index is 0.0332. The van der Waals surface area contributed by atoms with E-state index in [1.807, 2.05) is 13.0 Å². The number of anilines is 3. The zero-order valence-electron chi connectivity index (χ0n) is 17.2. The van der Waals surface area contributed by atoms with Gasteiger partial charge in [-0.1, -0.05) is 0 Å². The van der Waals surface area contributed by atoms with Crippen LogP contribution in [0.15, 0.2) is 28.8 Å². The molecular weight excluding hydrogens is 404 g/mol. The first-order valence-corrected chi connectivity index (χ1v) is 10.3. The molecule has 0 bridgehead atoms. The van der Waals surface area contributed by atoms with Crippen LogP contribution in [0, 0.1) is 18.6 Å². The fourth-order valence-corrected chi connectivity index (χ4v) is 3.98. The number of nitrogens with one attached hydrogen (secondary N) is 2. The van der Waals surface area contributed by atoms with Crippen molar-refractivity contribution in [3.05, 3.63) is 52.9 Å². The Hall–Kier alpha value is -3.04. The van der Waals surface area contributed by atoms with Gasteiger partial charge in [0, 0.05) is 50.0 Å². The van der Waals surface area contributed by atoms with Crippen molar-refractivity contribution in [3.8, 4) is 11.5 Å². The summed E-state index contributed by atoms with van der Waals surface area (Å²) in [6.45, 7) is 5.35. The molecule has 1 saturated heterocycles. The number of halogens is 2. The smallest absolute Gasteiger partial charge is 0.227 e. The number of fused-ring (bicyclic) bond motifs is 1. The van der Waals surface area contributed by atoms with Gasteiger partial charge in [-0.05, 0) is 30.7 Å². The van der Waals surface area contributed by atoms with Crippen molar-refractivity contribution in [1.29, 1.82) is 0 Å². The Labute approximate surface area is 178 Å². The number of rotatable bonds is 4. The Kier molecular flexibility index (Phi) is 5.29. The summed E-state index contributed by atoms with van der Waals surface area (Å²) in [4.78, 5) is 10.5. The first-order chi connectivity index (χ1) is 15.1. The van der Waals surface area contributed by atoms with Gasteiger partial charge in [-0.3, -0.25) is 0 Å². The Morgan fingerprint density at radius 1 is 1.13 bits per heavy atom. The average molecular weight is 427 g/mol. The van der Waals surface area contributed by atoms with E-state index in [2.05, 4.69) is 20.6 Å². The van der Waals surface area contributed by atoms with E-state index in [4.69, 9.17) is 9.15 Å². The van der Waals surface area contributed by atoms with Crippen LogP contribution < -0.4 is 15.5 Å². The summed E-state index contributed by atoms with van der Waals surface area (Å²) >= 11 is 0. The molecule has 2 N–H and O–H groups in total. The number of hydrogen-bond donors (Lipinski definition) is 2. The monoisotopic (exact) mass is 427 g/mol. The number of ether oxygens (including phenoxy) is 1. The Bertz CT molecular complexity index is 1060. The van der Waals surface area contributed by atoms with Gasteiger partial charge >= 0.3 is 0 Å². The highest BCUT2D eigenvalue weighted by atomic mass is 19.1. The second-order valence-corrected chi connectivity index (χ2v) is 7.72. The predicted octanol–water partition coefficient (Wildman–Crippen LogP) is 3.55. The molecule has 2 aromatic heterocycles. The lowest BCUT2D eigenvalue weighted by molar-refractivity contribution is 0.122. The van der Waals surface area contributed by atoms with Crippen LogP contribution in [-0.4, -0.2) is 42.8 Å². The van der Waals surface area contributed by atoms with Crippen molar-refractivity contribution >= 4 is 17.3 Å². The van der Waals surface area contributed by atoms with Crippen molar-refractivity contribution < 1.29 is 17.9 Å². The fourth-order valence-electron chi connectivity index (χ4n) is 3.98. The average Bonchev–Trinajstić information content (AvgIpc) is 3.19. The second-order valence-electron chi connectivity index (χ2n) is 7.72. The quantitative estimate of drug-likeness (QED) is 0.660. The molecule has 0 unspecified atom stereocenters. The van der Waals surface area contributed by atoms with Crippen LogP contribution in [0.3, 0.4) is 0 Å². The molecule has 9 heteroatoms. The van der Waals surface area contributed by atoms with Crippen LogP contribution in [0.25, 0.3) is 11.5 Å². The number of aromatic nitrogens is 2. The molecule has 162 valence electrons. The summed E-state index contributed by atoms with van der Waals surface area (Å²) in [5, 5.41) is 6.23. The number of aryl methyl sites for hydroxylation is 1. The largest absolute Gasteiger partial charge is 0.459 e. The maximum atomic E-state index is 14.7. The van der Waals surface area contributed by atoms with Gasteiger partial charge in [0.15, 0.2) is 17.4 Å². The molecule has 5 rings (SSSR count). The molecule has 0 atom stereocenters. The van der Waals surface area contributed by atoms with Gasteiger partial charge in [-0.25, -0.2) is 18.7 Å². The molecular formula is C22H23F2N5O2. The Morgan fingerprint density at radius 2 is 1.90 bits per heavy atom. The maximum Gasteiger partial charge on any atom is 0.227 e. The number of hydrogen-bond acceptors (Lipinski definition) is 7. The van der Waals surface area contributed by atoms with Gasteiger partial charge in [0.05, 0.1) is 13.2 Å². The maximum absolute atomic E-state index is 14.7. The van der Waals surface area contributed by atoms with Crippen LogP contribution in [-0.2, 0) is 17.7 Å². The van der Waals surface area contributed by atoms with Gasteiger partial charge in [-0.2, -0.15) is 0 Å². The number of benzene rings is 1. The van der Waals surface area contributed by atoms with E-state index in [1.54, 1.807) is 11.1 Å². The van der Waals surface area contributed by atoms with E-state index in [1.165, 1.54) is 12.1 Å². The third-order valence-corrected chi connectivity index (χ3v) is 5.55. The molecule has 0 spiro atoms. The first kappa shape index (κ1) is 19.9. The zero-order valence-corrected chi connectivity index (χ0v) is 17.2. The predicted molar refractivity (Wildman–Crippen MR) is 113 cm³/mol.